The molecule has 2 unspecified atom stereocenters. The van der Waals surface area contributed by atoms with Gasteiger partial charge in [-0.05, 0) is 26.3 Å². The number of hydrogen-bond donors (Lipinski definition) is 2. The molecule has 0 aliphatic heterocycles. The predicted octanol–water partition coefficient (Wildman–Crippen LogP) is 2.20. The average molecular weight is 266 g/mol. The van der Waals surface area contributed by atoms with Crippen molar-refractivity contribution in [2.24, 2.45) is 0 Å². The minimum atomic E-state index is -0.912. The molecule has 0 aromatic heterocycles. The second-order valence-corrected chi connectivity index (χ2v) is 5.61. The van der Waals surface area contributed by atoms with E-state index in [1.807, 2.05) is 18.2 Å². The largest absolute Gasteiger partial charge is 0.460 e. The van der Waals surface area contributed by atoms with Crippen molar-refractivity contribution in [1.29, 1.82) is 0 Å². The Bertz CT molecular complexity index is 394. The Kier molecular flexibility index (Phi) is 5.51. The third-order valence-electron chi connectivity index (χ3n) is 2.50. The van der Waals surface area contributed by atoms with Crippen molar-refractivity contribution in [3.05, 3.63) is 35.9 Å². The maximum atomic E-state index is 11.5. The lowest BCUT2D eigenvalue weighted by atomic mass is 10.0. The summed E-state index contributed by atoms with van der Waals surface area (Å²) in [6.45, 7) is 5.32. The highest BCUT2D eigenvalue weighted by Crippen LogP contribution is 2.20. The Morgan fingerprint density at radius 2 is 1.79 bits per heavy atom. The van der Waals surface area contributed by atoms with Gasteiger partial charge in [-0.3, -0.25) is 4.79 Å². The zero-order chi connectivity index (χ0) is 14.5. The summed E-state index contributed by atoms with van der Waals surface area (Å²) in [4.78, 5) is 11.5. The molecule has 2 N–H and O–H groups in total. The highest BCUT2D eigenvalue weighted by atomic mass is 16.6. The van der Waals surface area contributed by atoms with Crippen molar-refractivity contribution in [2.45, 2.75) is 51.4 Å². The van der Waals surface area contributed by atoms with Gasteiger partial charge in [0, 0.05) is 6.42 Å². The Labute approximate surface area is 114 Å². The van der Waals surface area contributed by atoms with Gasteiger partial charge >= 0.3 is 5.97 Å². The molecule has 0 spiro atoms. The summed E-state index contributed by atoms with van der Waals surface area (Å²) < 4.78 is 5.12. The van der Waals surface area contributed by atoms with Crippen molar-refractivity contribution in [2.75, 3.05) is 0 Å². The summed E-state index contributed by atoms with van der Waals surface area (Å²) in [6, 6.07) is 9.06. The first-order valence-corrected chi connectivity index (χ1v) is 6.41. The van der Waals surface area contributed by atoms with Crippen molar-refractivity contribution in [3.8, 4) is 0 Å². The van der Waals surface area contributed by atoms with Gasteiger partial charge < -0.3 is 14.9 Å². The van der Waals surface area contributed by atoms with Crippen LogP contribution in [0.25, 0.3) is 0 Å². The number of hydrogen-bond acceptors (Lipinski definition) is 4. The first kappa shape index (κ1) is 15.7. The molecule has 4 heteroatoms. The third kappa shape index (κ3) is 6.36. The first-order chi connectivity index (χ1) is 8.78. The molecule has 4 nitrogen and oxygen atoms in total. The van der Waals surface area contributed by atoms with Crippen molar-refractivity contribution in [3.63, 3.8) is 0 Å². The molecule has 1 rings (SSSR count). The normalized spacial score (nSPS) is 14.8. The van der Waals surface area contributed by atoms with Crippen LogP contribution in [-0.2, 0) is 9.53 Å². The fourth-order valence-corrected chi connectivity index (χ4v) is 1.73. The molecule has 1 aromatic rings. The van der Waals surface area contributed by atoms with E-state index in [2.05, 4.69) is 0 Å². The predicted molar refractivity (Wildman–Crippen MR) is 72.5 cm³/mol. The molecular weight excluding hydrogens is 244 g/mol. The van der Waals surface area contributed by atoms with E-state index >= 15 is 0 Å². The molecule has 0 aliphatic rings. The molecular formula is C15H22O4. The van der Waals surface area contributed by atoms with Gasteiger partial charge in [0.25, 0.3) is 0 Å². The van der Waals surface area contributed by atoms with Crippen LogP contribution in [0.15, 0.2) is 30.3 Å². The topological polar surface area (TPSA) is 66.8 Å². The zero-order valence-electron chi connectivity index (χ0n) is 11.7. The minimum Gasteiger partial charge on any atom is -0.460 e. The van der Waals surface area contributed by atoms with Gasteiger partial charge in [0.1, 0.15) is 5.60 Å². The van der Waals surface area contributed by atoms with Gasteiger partial charge in [-0.15, -0.1) is 0 Å². The maximum absolute atomic E-state index is 11.5. The fraction of sp³-hybridized carbons (Fsp3) is 0.533. The molecule has 0 fully saturated rings. The van der Waals surface area contributed by atoms with E-state index in [0.29, 0.717) is 0 Å². The molecule has 0 radical (unpaired) electrons. The number of carbonyl (C=O) groups is 1. The van der Waals surface area contributed by atoms with Gasteiger partial charge in [-0.2, -0.15) is 0 Å². The molecule has 0 amide bonds. The standard InChI is InChI=1S/C15H22O4/c1-15(2,3)19-14(18)10-12(16)9-13(17)11-7-5-4-6-8-11/h4-8,12-13,16-17H,9-10H2,1-3H3. The molecule has 106 valence electrons. The van der Waals surface area contributed by atoms with E-state index in [9.17, 15) is 15.0 Å². The molecule has 19 heavy (non-hydrogen) atoms. The maximum Gasteiger partial charge on any atom is 0.308 e. The lowest BCUT2D eigenvalue weighted by Crippen LogP contribution is -2.27. The Morgan fingerprint density at radius 1 is 1.21 bits per heavy atom. The Balaban J connectivity index is 2.43. The van der Waals surface area contributed by atoms with Crippen LogP contribution < -0.4 is 0 Å². The van der Waals surface area contributed by atoms with E-state index in [1.165, 1.54) is 0 Å². The quantitative estimate of drug-likeness (QED) is 0.802. The molecule has 0 bridgehead atoms. The summed E-state index contributed by atoms with van der Waals surface area (Å²) in [5.41, 5.74) is 0.167. The van der Waals surface area contributed by atoms with Crippen LogP contribution in [0, 0.1) is 0 Å². The summed E-state index contributed by atoms with van der Waals surface area (Å²) >= 11 is 0. The highest BCUT2D eigenvalue weighted by Gasteiger charge is 2.21. The van der Waals surface area contributed by atoms with Crippen LogP contribution in [0.4, 0.5) is 0 Å². The molecule has 0 saturated heterocycles. The Hall–Kier alpha value is -1.39. The summed E-state index contributed by atoms with van der Waals surface area (Å²) in [7, 11) is 0. The van der Waals surface area contributed by atoms with Gasteiger partial charge in [-0.1, -0.05) is 30.3 Å². The van der Waals surface area contributed by atoms with E-state index in [4.69, 9.17) is 4.74 Å². The number of esters is 1. The SMILES string of the molecule is CC(C)(C)OC(=O)CC(O)CC(O)c1ccccc1. The number of ether oxygens (including phenoxy) is 1. The van der Waals surface area contributed by atoms with Crippen LogP contribution in [-0.4, -0.2) is 27.9 Å². The number of benzene rings is 1. The van der Waals surface area contributed by atoms with Gasteiger partial charge in [0.15, 0.2) is 0 Å². The van der Waals surface area contributed by atoms with Crippen LogP contribution in [0.2, 0.25) is 0 Å². The zero-order valence-corrected chi connectivity index (χ0v) is 11.7. The number of carbonyl (C=O) groups excluding carboxylic acids is 1. The molecule has 0 aliphatic carbocycles. The third-order valence-corrected chi connectivity index (χ3v) is 2.50. The van der Waals surface area contributed by atoms with Crippen molar-refractivity contribution >= 4 is 5.97 Å². The highest BCUT2D eigenvalue weighted by molar-refractivity contribution is 5.70. The summed E-state index contributed by atoms with van der Waals surface area (Å²) in [6.07, 6.45) is -1.69. The number of aliphatic hydroxyl groups is 2. The van der Waals surface area contributed by atoms with Crippen molar-refractivity contribution < 1.29 is 19.7 Å². The van der Waals surface area contributed by atoms with Crippen molar-refractivity contribution in [1.82, 2.24) is 0 Å². The van der Waals surface area contributed by atoms with Gasteiger partial charge in [0.05, 0.1) is 18.6 Å². The molecule has 0 heterocycles. The lowest BCUT2D eigenvalue weighted by Gasteiger charge is -2.21. The fourth-order valence-electron chi connectivity index (χ4n) is 1.73. The van der Waals surface area contributed by atoms with E-state index in [-0.39, 0.29) is 12.8 Å². The number of rotatable bonds is 5. The summed E-state index contributed by atoms with van der Waals surface area (Å²) in [5, 5.41) is 19.7. The average Bonchev–Trinajstić information content (AvgIpc) is 2.27. The van der Waals surface area contributed by atoms with Gasteiger partial charge in [-0.25, -0.2) is 0 Å². The van der Waals surface area contributed by atoms with Gasteiger partial charge in [0.2, 0.25) is 0 Å². The summed E-state index contributed by atoms with van der Waals surface area (Å²) in [5.74, 6) is -0.458. The smallest absolute Gasteiger partial charge is 0.308 e. The van der Waals surface area contributed by atoms with Crippen LogP contribution in [0.5, 0.6) is 0 Å². The molecule has 1 aromatic carbocycles. The number of aliphatic hydroxyl groups excluding tert-OH is 2. The second kappa shape index (κ2) is 6.68. The second-order valence-electron chi connectivity index (χ2n) is 5.61. The lowest BCUT2D eigenvalue weighted by molar-refractivity contribution is -0.157. The first-order valence-electron chi connectivity index (χ1n) is 6.41. The Morgan fingerprint density at radius 3 is 2.32 bits per heavy atom. The van der Waals surface area contributed by atoms with E-state index in [1.54, 1.807) is 32.9 Å². The van der Waals surface area contributed by atoms with E-state index in [0.717, 1.165) is 5.56 Å². The monoisotopic (exact) mass is 266 g/mol. The minimum absolute atomic E-state index is 0.110. The molecule has 0 saturated carbocycles. The van der Waals surface area contributed by atoms with Crippen LogP contribution in [0.3, 0.4) is 0 Å². The van der Waals surface area contributed by atoms with Crippen LogP contribution in [0.1, 0.15) is 45.3 Å². The molecule has 2 atom stereocenters. The van der Waals surface area contributed by atoms with E-state index < -0.39 is 23.8 Å². The van der Waals surface area contributed by atoms with Crippen LogP contribution >= 0.6 is 0 Å².